The van der Waals surface area contributed by atoms with E-state index in [9.17, 15) is 40.7 Å². The summed E-state index contributed by atoms with van der Waals surface area (Å²) in [5.41, 5.74) is 8.01. The number of nitrogens with two attached hydrogens (primary N) is 1. The van der Waals surface area contributed by atoms with E-state index in [0.717, 1.165) is 18.4 Å². The maximum Gasteiger partial charge on any atom is 0.317 e. The highest BCUT2D eigenvalue weighted by Crippen LogP contribution is 2.36. The van der Waals surface area contributed by atoms with Gasteiger partial charge in [0.1, 0.15) is 5.84 Å². The molecule has 344 valence electrons. The first-order valence-corrected chi connectivity index (χ1v) is 22.6. The highest BCUT2D eigenvalue weighted by molar-refractivity contribution is 7.89. The number of carbonyl (C=O) groups is 2. The lowest BCUT2D eigenvalue weighted by atomic mass is 9.90. The molecule has 12 nitrogen and oxygen atoms in total. The maximum atomic E-state index is 14.2. The number of aliphatic imine (C=N–C) groups is 1. The van der Waals surface area contributed by atoms with E-state index in [1.807, 2.05) is 74.9 Å². The first kappa shape index (κ1) is 49.3. The van der Waals surface area contributed by atoms with E-state index >= 15 is 0 Å². The van der Waals surface area contributed by atoms with Gasteiger partial charge in [-0.3, -0.25) is 9.59 Å². The number of benzene rings is 3. The summed E-state index contributed by atoms with van der Waals surface area (Å²) < 4.78 is 96.2. The fourth-order valence-corrected chi connectivity index (χ4v) is 9.13. The third-order valence-corrected chi connectivity index (χ3v) is 13.2. The number of aliphatic hydroxyl groups is 1. The summed E-state index contributed by atoms with van der Waals surface area (Å²) >= 11 is 0. The molecule has 0 bridgehead atoms. The monoisotopic (exact) mass is 901 g/mol. The Balaban J connectivity index is 1.30. The minimum atomic E-state index is -3.97. The van der Waals surface area contributed by atoms with Crippen molar-refractivity contribution in [1.29, 1.82) is 0 Å². The van der Waals surface area contributed by atoms with Crippen LogP contribution in [0.4, 0.5) is 23.2 Å². The third kappa shape index (κ3) is 11.9. The first-order chi connectivity index (χ1) is 29.6. The molecule has 0 saturated carbocycles. The first-order valence-electron chi connectivity index (χ1n) is 21.2. The van der Waals surface area contributed by atoms with Crippen LogP contribution in [0.3, 0.4) is 0 Å². The molecule has 3 aromatic carbocycles. The van der Waals surface area contributed by atoms with Gasteiger partial charge in [0, 0.05) is 82.0 Å². The standard InChI is InChI=1S/C46H59F4N5O7S/c1-8-16-54(17-9-2)43(57)34-20-32-12-10-30(21-37(32)52-39(51)23-34)31-11-13-33(38(22-31)63(59,60)55-25-29(26-55)28-56)27-53(7)18-14-46(5,6)61-19-15-45(3,4)44(58)62-42-40(49)35(47)24-36(48)41(42)50/h10-13,20-22,24,29,56H,8-9,14-19,23,25-28H2,1-7H3,(H2,51,52). The fraction of sp³-hybridized carbons (Fsp3) is 0.500. The van der Waals surface area contributed by atoms with Crippen molar-refractivity contribution in [3.63, 3.8) is 0 Å². The number of nitrogens with zero attached hydrogens (tertiary/aromatic N) is 4. The van der Waals surface area contributed by atoms with Gasteiger partial charge in [-0.05, 0) is 95.3 Å². The van der Waals surface area contributed by atoms with Gasteiger partial charge in [0.15, 0.2) is 11.6 Å². The predicted octanol–water partition coefficient (Wildman–Crippen LogP) is 7.59. The van der Waals surface area contributed by atoms with Gasteiger partial charge in [-0.1, -0.05) is 38.1 Å². The number of amides is 1. The Bertz CT molecular complexity index is 2320. The topological polar surface area (TPSA) is 155 Å². The SMILES string of the molecule is CCCN(CCC)C(=O)C1=Cc2ccc(-c3ccc(CN(C)CCC(C)(C)OCCC(C)(C)C(=O)Oc4c(F)c(F)cc(F)c4F)c(S(=O)(=O)N4CC(CO)C4)c3)cc2N=C(N)C1. The van der Waals surface area contributed by atoms with Crippen LogP contribution in [-0.4, -0.2) is 104 Å². The van der Waals surface area contributed by atoms with Gasteiger partial charge in [0.25, 0.3) is 0 Å². The summed E-state index contributed by atoms with van der Waals surface area (Å²) in [6.45, 7) is 13.0. The Morgan fingerprint density at radius 3 is 2.16 bits per heavy atom. The Kier molecular flexibility index (Phi) is 16.0. The molecule has 0 unspecified atom stereocenters. The summed E-state index contributed by atoms with van der Waals surface area (Å²) in [5, 5.41) is 9.64. The number of halogens is 4. The summed E-state index contributed by atoms with van der Waals surface area (Å²) in [4.78, 5) is 34.9. The summed E-state index contributed by atoms with van der Waals surface area (Å²) in [5.74, 6) is -9.49. The van der Waals surface area contributed by atoms with Gasteiger partial charge in [0.2, 0.25) is 33.3 Å². The highest BCUT2D eigenvalue weighted by Gasteiger charge is 2.38. The fourth-order valence-electron chi connectivity index (χ4n) is 7.30. The van der Waals surface area contributed by atoms with Crippen molar-refractivity contribution in [2.24, 2.45) is 22.1 Å². The molecule has 63 heavy (non-hydrogen) atoms. The van der Waals surface area contributed by atoms with Gasteiger partial charge >= 0.3 is 5.97 Å². The van der Waals surface area contributed by atoms with Gasteiger partial charge in [0.05, 0.1) is 21.6 Å². The Hall–Kier alpha value is -4.68. The summed E-state index contributed by atoms with van der Waals surface area (Å²) in [6, 6.07) is 10.9. The lowest BCUT2D eigenvalue weighted by Gasteiger charge is -2.37. The van der Waals surface area contributed by atoms with Crippen molar-refractivity contribution in [3.8, 4) is 16.9 Å². The molecule has 1 fully saturated rings. The number of amidine groups is 1. The summed E-state index contributed by atoms with van der Waals surface area (Å²) in [6.07, 6.45) is 4.22. The van der Waals surface area contributed by atoms with Crippen molar-refractivity contribution in [2.45, 2.75) is 90.7 Å². The molecule has 2 heterocycles. The van der Waals surface area contributed by atoms with E-state index in [0.29, 0.717) is 59.8 Å². The largest absolute Gasteiger partial charge is 0.420 e. The Labute approximate surface area is 367 Å². The molecule has 0 aliphatic carbocycles. The molecule has 2 aliphatic rings. The molecule has 3 aromatic rings. The number of carbonyl (C=O) groups excluding carboxylic acids is 2. The van der Waals surface area contributed by atoms with Crippen LogP contribution >= 0.6 is 0 Å². The van der Waals surface area contributed by atoms with Gasteiger partial charge < -0.3 is 30.1 Å². The normalized spacial score (nSPS) is 15.1. The van der Waals surface area contributed by atoms with Crippen molar-refractivity contribution < 1.29 is 50.1 Å². The molecular formula is C46H59F4N5O7S. The number of hydrogen-bond acceptors (Lipinski definition) is 10. The van der Waals surface area contributed by atoms with Crippen LogP contribution in [0, 0.1) is 34.6 Å². The number of aliphatic hydroxyl groups excluding tert-OH is 1. The van der Waals surface area contributed by atoms with Crippen molar-refractivity contribution in [2.75, 3.05) is 53.0 Å². The number of ether oxygens (including phenoxy) is 2. The van der Waals surface area contributed by atoms with Crippen molar-refractivity contribution in [3.05, 3.63) is 82.4 Å². The van der Waals surface area contributed by atoms with Crippen molar-refractivity contribution >= 4 is 39.5 Å². The Morgan fingerprint density at radius 1 is 0.921 bits per heavy atom. The molecule has 5 rings (SSSR count). The lowest BCUT2D eigenvalue weighted by Crippen LogP contribution is -2.51. The number of esters is 1. The van der Waals surface area contributed by atoms with Gasteiger partial charge in [-0.15, -0.1) is 0 Å². The maximum absolute atomic E-state index is 14.2. The lowest BCUT2D eigenvalue weighted by molar-refractivity contribution is -0.146. The second kappa shape index (κ2) is 20.4. The second-order valence-electron chi connectivity index (χ2n) is 17.6. The van der Waals surface area contributed by atoms with Crippen LogP contribution in [0.25, 0.3) is 17.2 Å². The van der Waals surface area contributed by atoms with Crippen LogP contribution in [0.15, 0.2) is 57.9 Å². The van der Waals surface area contributed by atoms with Crippen LogP contribution < -0.4 is 10.5 Å². The zero-order valence-electron chi connectivity index (χ0n) is 37.1. The second-order valence-corrected chi connectivity index (χ2v) is 19.5. The van der Waals surface area contributed by atoms with Crippen LogP contribution in [0.2, 0.25) is 0 Å². The molecule has 17 heteroatoms. The minimum absolute atomic E-state index is 0.0262. The van der Waals surface area contributed by atoms with E-state index in [1.165, 1.54) is 18.2 Å². The van der Waals surface area contributed by atoms with E-state index in [-0.39, 0.29) is 68.5 Å². The third-order valence-electron chi connectivity index (χ3n) is 11.3. The molecule has 3 N–H and O–H groups in total. The van der Waals surface area contributed by atoms with Gasteiger partial charge in [-0.2, -0.15) is 13.1 Å². The minimum Gasteiger partial charge on any atom is -0.420 e. The van der Waals surface area contributed by atoms with Crippen LogP contribution in [0.1, 0.15) is 84.8 Å². The van der Waals surface area contributed by atoms with E-state index < -0.39 is 56.0 Å². The molecule has 0 aromatic heterocycles. The van der Waals surface area contributed by atoms with E-state index in [2.05, 4.69) is 4.99 Å². The number of rotatable bonds is 20. The molecule has 1 amide bonds. The molecule has 0 atom stereocenters. The molecule has 1 saturated heterocycles. The van der Waals surface area contributed by atoms with Crippen molar-refractivity contribution in [1.82, 2.24) is 14.1 Å². The van der Waals surface area contributed by atoms with Crippen LogP contribution in [-0.2, 0) is 30.9 Å². The molecular weight excluding hydrogens is 843 g/mol. The zero-order chi connectivity index (χ0) is 46.4. The molecule has 2 aliphatic heterocycles. The van der Waals surface area contributed by atoms with Gasteiger partial charge in [-0.25, -0.2) is 22.2 Å². The average molecular weight is 902 g/mol. The average Bonchev–Trinajstić information content (AvgIpc) is 3.37. The highest BCUT2D eigenvalue weighted by atomic mass is 32.2. The number of hydrogen-bond donors (Lipinski definition) is 2. The number of fused-ring (bicyclic) bond motifs is 1. The molecule has 0 radical (unpaired) electrons. The predicted molar refractivity (Wildman–Crippen MR) is 234 cm³/mol. The quantitative estimate of drug-likeness (QED) is 0.0506. The number of sulfonamides is 1. The Morgan fingerprint density at radius 2 is 1.54 bits per heavy atom. The zero-order valence-corrected chi connectivity index (χ0v) is 37.9. The van der Waals surface area contributed by atoms with Crippen LogP contribution in [0.5, 0.6) is 5.75 Å². The van der Waals surface area contributed by atoms with E-state index in [1.54, 1.807) is 12.1 Å². The summed E-state index contributed by atoms with van der Waals surface area (Å²) in [7, 11) is -2.12. The molecule has 0 spiro atoms. The smallest absolute Gasteiger partial charge is 0.317 e. The van der Waals surface area contributed by atoms with E-state index in [4.69, 9.17) is 15.2 Å².